The summed E-state index contributed by atoms with van der Waals surface area (Å²) in [5, 5.41) is 0. The molecule has 0 saturated heterocycles. The molecule has 1 aromatic carbocycles. The summed E-state index contributed by atoms with van der Waals surface area (Å²) in [5.41, 5.74) is 4.32. The molecule has 3 heteroatoms. The van der Waals surface area contributed by atoms with Crippen LogP contribution in [0.25, 0.3) is 5.57 Å². The van der Waals surface area contributed by atoms with E-state index in [4.69, 9.17) is 0 Å². The Morgan fingerprint density at radius 3 is 2.13 bits per heavy atom. The van der Waals surface area contributed by atoms with Crippen molar-refractivity contribution in [1.82, 2.24) is 0 Å². The van der Waals surface area contributed by atoms with E-state index in [-0.39, 0.29) is 24.8 Å². The standard InChI is InChI=1S/C12H11.2ClH.Zr/c1-10-7-8-12(9-10)11-5-3-2-4-6-11;;;/h2-6,9H,8H2,1H3;2*1H;. The third-order valence-electron chi connectivity index (χ3n) is 2.38. The van der Waals surface area contributed by atoms with Crippen molar-refractivity contribution in [2.45, 2.75) is 13.3 Å². The zero-order chi connectivity index (χ0) is 9.26. The Bertz CT molecular complexity index is 380. The minimum absolute atomic E-state index is 0. The minimum atomic E-state index is 0. The van der Waals surface area contributed by atoms with E-state index in [2.05, 4.69) is 43.3 Å². The number of rotatable bonds is 1. The van der Waals surface area contributed by atoms with Crippen molar-refractivity contribution in [2.75, 3.05) is 0 Å². The molecule has 0 unspecified atom stereocenters. The van der Waals surface area contributed by atoms with Gasteiger partial charge in [0, 0.05) is 0 Å². The van der Waals surface area contributed by atoms with Crippen LogP contribution in [-0.2, 0) is 24.7 Å². The van der Waals surface area contributed by atoms with Gasteiger partial charge >= 0.3 is 94.5 Å². The van der Waals surface area contributed by atoms with E-state index < -0.39 is 0 Å². The van der Waals surface area contributed by atoms with Crippen molar-refractivity contribution in [2.24, 2.45) is 0 Å². The number of benzene rings is 1. The molecular formula is C12H13Cl2Zr. The molecule has 0 atom stereocenters. The molecule has 0 amide bonds. The van der Waals surface area contributed by atoms with Crippen LogP contribution in [0.3, 0.4) is 0 Å². The SMILES string of the molecule is CC1=[C]([Zr])CC(c2ccccc2)=C1.Cl.Cl. The van der Waals surface area contributed by atoms with Crippen molar-refractivity contribution in [3.05, 3.63) is 50.8 Å². The molecule has 1 aliphatic carbocycles. The summed E-state index contributed by atoms with van der Waals surface area (Å²) >= 11 is 1.56. The van der Waals surface area contributed by atoms with Gasteiger partial charge in [-0.25, -0.2) is 0 Å². The fourth-order valence-electron chi connectivity index (χ4n) is 1.57. The van der Waals surface area contributed by atoms with Crippen molar-refractivity contribution in [3.63, 3.8) is 0 Å². The third-order valence-corrected chi connectivity index (χ3v) is 3.78. The first-order valence-electron chi connectivity index (χ1n) is 4.45. The van der Waals surface area contributed by atoms with Crippen LogP contribution in [0.1, 0.15) is 18.9 Å². The number of allylic oxidation sites excluding steroid dienone is 4. The van der Waals surface area contributed by atoms with Crippen molar-refractivity contribution in [1.29, 1.82) is 0 Å². The predicted molar refractivity (Wildman–Crippen MR) is 66.2 cm³/mol. The predicted octanol–water partition coefficient (Wildman–Crippen LogP) is 4.14. The van der Waals surface area contributed by atoms with Crippen LogP contribution in [0.4, 0.5) is 0 Å². The van der Waals surface area contributed by atoms with Gasteiger partial charge in [-0.15, -0.1) is 24.8 Å². The monoisotopic (exact) mass is 317 g/mol. The summed E-state index contributed by atoms with van der Waals surface area (Å²) in [7, 11) is 0. The van der Waals surface area contributed by atoms with E-state index in [1.54, 1.807) is 28.0 Å². The summed E-state index contributed by atoms with van der Waals surface area (Å²) in [5.74, 6) is 0. The topological polar surface area (TPSA) is 0 Å². The Morgan fingerprint density at radius 1 is 1.07 bits per heavy atom. The molecule has 0 heterocycles. The maximum atomic E-state index is 2.32. The summed E-state index contributed by atoms with van der Waals surface area (Å²) in [6.45, 7) is 2.21. The van der Waals surface area contributed by atoms with E-state index in [1.807, 2.05) is 0 Å². The zero-order valence-electron chi connectivity index (χ0n) is 8.49. The van der Waals surface area contributed by atoms with Crippen LogP contribution in [0.15, 0.2) is 45.3 Å². The van der Waals surface area contributed by atoms with Gasteiger partial charge < -0.3 is 0 Å². The van der Waals surface area contributed by atoms with Gasteiger partial charge in [-0.3, -0.25) is 0 Å². The van der Waals surface area contributed by atoms with Crippen LogP contribution >= 0.6 is 24.8 Å². The largest absolute Gasteiger partial charge is 0.147 e. The Hall–Kier alpha value is 0.163. The Balaban J connectivity index is 0.000000980. The molecule has 0 saturated carbocycles. The van der Waals surface area contributed by atoms with Gasteiger partial charge in [0.2, 0.25) is 0 Å². The summed E-state index contributed by atoms with van der Waals surface area (Å²) < 4.78 is 1.59. The number of halogens is 2. The van der Waals surface area contributed by atoms with Gasteiger partial charge in [-0.2, -0.15) is 0 Å². The van der Waals surface area contributed by atoms with Crippen molar-refractivity contribution >= 4 is 30.4 Å². The second-order valence-electron chi connectivity index (χ2n) is 3.37. The molecular weight excluding hydrogens is 306 g/mol. The fraction of sp³-hybridized carbons (Fsp3) is 0.167. The molecule has 0 spiro atoms. The molecule has 0 bridgehead atoms. The average molecular weight is 319 g/mol. The van der Waals surface area contributed by atoms with Gasteiger partial charge in [0.05, 0.1) is 0 Å². The number of hydrogen-bond acceptors (Lipinski definition) is 0. The van der Waals surface area contributed by atoms with E-state index in [9.17, 15) is 0 Å². The molecule has 2 rings (SSSR count). The van der Waals surface area contributed by atoms with Gasteiger partial charge in [0.25, 0.3) is 0 Å². The molecule has 0 nitrogen and oxygen atoms in total. The molecule has 15 heavy (non-hydrogen) atoms. The Kier molecular flexibility index (Phi) is 6.76. The van der Waals surface area contributed by atoms with E-state index in [0.29, 0.717) is 0 Å². The molecule has 79 valence electrons. The van der Waals surface area contributed by atoms with Crippen LogP contribution < -0.4 is 0 Å². The second-order valence-corrected chi connectivity index (χ2v) is 4.86. The zero-order valence-corrected chi connectivity index (χ0v) is 12.6. The van der Waals surface area contributed by atoms with Crippen LogP contribution in [0.5, 0.6) is 0 Å². The van der Waals surface area contributed by atoms with E-state index >= 15 is 0 Å². The molecule has 0 aliphatic heterocycles. The maximum Gasteiger partial charge on any atom is -0.147 e. The first-order chi connectivity index (χ1) is 6.27. The van der Waals surface area contributed by atoms with Crippen LogP contribution in [0, 0.1) is 0 Å². The smallest absolute Gasteiger partial charge is 0.147 e. The molecule has 0 radical (unpaired) electrons. The first kappa shape index (κ1) is 15.2. The van der Waals surface area contributed by atoms with Crippen LogP contribution in [-0.4, -0.2) is 0 Å². The van der Waals surface area contributed by atoms with Crippen molar-refractivity contribution in [3.8, 4) is 0 Å². The van der Waals surface area contributed by atoms with Gasteiger partial charge in [0.1, 0.15) is 0 Å². The quantitative estimate of drug-likeness (QED) is 0.730. The summed E-state index contributed by atoms with van der Waals surface area (Å²) in [6.07, 6.45) is 3.48. The second kappa shape index (κ2) is 6.68. The molecule has 0 fully saturated rings. The van der Waals surface area contributed by atoms with Gasteiger partial charge in [-0.1, -0.05) is 0 Å². The minimum Gasteiger partial charge on any atom is -0.147 e. The normalized spacial score (nSPS) is 14.0. The first-order valence-corrected chi connectivity index (χ1v) is 5.67. The Morgan fingerprint density at radius 2 is 1.67 bits per heavy atom. The van der Waals surface area contributed by atoms with Gasteiger partial charge in [0.15, 0.2) is 0 Å². The number of hydrogen-bond donors (Lipinski definition) is 0. The van der Waals surface area contributed by atoms with Gasteiger partial charge in [-0.05, 0) is 0 Å². The summed E-state index contributed by atoms with van der Waals surface area (Å²) in [6, 6.07) is 10.7. The average Bonchev–Trinajstić information content (AvgIpc) is 2.49. The molecule has 0 aromatic heterocycles. The third kappa shape index (κ3) is 3.59. The molecule has 1 aromatic rings. The fourth-order valence-corrected chi connectivity index (χ4v) is 2.21. The maximum absolute atomic E-state index is 2.32. The van der Waals surface area contributed by atoms with E-state index in [1.165, 1.54) is 16.7 Å². The van der Waals surface area contributed by atoms with E-state index in [0.717, 1.165) is 6.42 Å². The van der Waals surface area contributed by atoms with Crippen LogP contribution in [0.2, 0.25) is 0 Å². The Labute approximate surface area is 119 Å². The van der Waals surface area contributed by atoms with Crippen molar-refractivity contribution < 1.29 is 24.7 Å². The molecule has 1 aliphatic rings. The molecule has 0 N–H and O–H groups in total. The summed E-state index contributed by atoms with van der Waals surface area (Å²) in [4.78, 5) is 0.